The number of carbonyl (C=O) groups is 1. The molecule has 0 fully saturated rings. The van der Waals surface area contributed by atoms with E-state index in [0.29, 0.717) is 12.4 Å². The third kappa shape index (κ3) is 3.44. The molecule has 132 valence electrons. The molecule has 0 spiro atoms. The minimum atomic E-state index is -0.348. The molecule has 1 aliphatic heterocycles. The summed E-state index contributed by atoms with van der Waals surface area (Å²) in [5, 5.41) is 10.8. The monoisotopic (exact) mass is 368 g/mol. The van der Waals surface area contributed by atoms with Crippen molar-refractivity contribution in [3.05, 3.63) is 64.7 Å². The fourth-order valence-corrected chi connectivity index (χ4v) is 3.02. The van der Waals surface area contributed by atoms with Crippen molar-refractivity contribution < 1.29 is 4.79 Å². The number of hydrogen-bond acceptors (Lipinski definition) is 5. The maximum Gasteiger partial charge on any atom is 0.271 e. The number of benzene rings is 1. The number of carbonyl (C=O) groups excluding carboxylic acids is 1. The number of halogens is 1. The SMILES string of the molecule is O=C(NCc1cc2n(n1)CCNC2)c1nc(-c2ccccc2)ncc1Cl. The van der Waals surface area contributed by atoms with Gasteiger partial charge in [-0.25, -0.2) is 9.97 Å². The molecule has 0 unspecified atom stereocenters. The molecule has 1 aromatic carbocycles. The Balaban J connectivity index is 1.50. The number of rotatable bonds is 4. The zero-order valence-corrected chi connectivity index (χ0v) is 14.7. The van der Waals surface area contributed by atoms with Gasteiger partial charge in [-0.05, 0) is 6.07 Å². The van der Waals surface area contributed by atoms with Gasteiger partial charge < -0.3 is 10.6 Å². The van der Waals surface area contributed by atoms with E-state index >= 15 is 0 Å². The summed E-state index contributed by atoms with van der Waals surface area (Å²) < 4.78 is 1.96. The fraction of sp³-hybridized carbons (Fsp3) is 0.222. The average Bonchev–Trinajstić information content (AvgIpc) is 3.10. The third-order valence-corrected chi connectivity index (χ3v) is 4.42. The molecule has 8 heteroatoms. The van der Waals surface area contributed by atoms with E-state index in [1.165, 1.54) is 6.20 Å². The van der Waals surface area contributed by atoms with Gasteiger partial charge in [0.15, 0.2) is 11.5 Å². The Morgan fingerprint density at radius 3 is 2.96 bits per heavy atom. The molecule has 0 aliphatic carbocycles. The summed E-state index contributed by atoms with van der Waals surface area (Å²) in [4.78, 5) is 21.1. The molecule has 0 bridgehead atoms. The number of aromatic nitrogens is 4. The molecular formula is C18H17ClN6O. The van der Waals surface area contributed by atoms with Crippen LogP contribution in [0, 0.1) is 0 Å². The number of nitrogens with zero attached hydrogens (tertiary/aromatic N) is 4. The summed E-state index contributed by atoms with van der Waals surface area (Å²) in [6.45, 7) is 2.85. The van der Waals surface area contributed by atoms with E-state index in [4.69, 9.17) is 11.6 Å². The number of nitrogens with one attached hydrogen (secondary N) is 2. The van der Waals surface area contributed by atoms with Crippen molar-refractivity contribution in [2.24, 2.45) is 0 Å². The van der Waals surface area contributed by atoms with Crippen LogP contribution < -0.4 is 10.6 Å². The molecule has 0 saturated heterocycles. The largest absolute Gasteiger partial charge is 0.345 e. The highest BCUT2D eigenvalue weighted by Crippen LogP contribution is 2.19. The molecule has 1 aliphatic rings. The van der Waals surface area contributed by atoms with Gasteiger partial charge in [0.05, 0.1) is 35.7 Å². The summed E-state index contributed by atoms with van der Waals surface area (Å²) in [6.07, 6.45) is 1.45. The second-order valence-corrected chi connectivity index (χ2v) is 6.37. The standard InChI is InChI=1S/C18H17ClN6O/c19-15-11-21-17(12-4-2-1-3-5-12)23-16(15)18(26)22-9-13-8-14-10-20-6-7-25(14)24-13/h1-5,8,11,20H,6-7,9-10H2,(H,22,26). The van der Waals surface area contributed by atoms with Crippen molar-refractivity contribution >= 4 is 17.5 Å². The molecule has 0 radical (unpaired) electrons. The van der Waals surface area contributed by atoms with Crippen LogP contribution in [0.3, 0.4) is 0 Å². The molecule has 7 nitrogen and oxygen atoms in total. The Kier molecular flexibility index (Phi) is 4.64. The van der Waals surface area contributed by atoms with E-state index in [9.17, 15) is 4.79 Å². The van der Waals surface area contributed by atoms with E-state index in [1.54, 1.807) is 0 Å². The van der Waals surface area contributed by atoms with Crippen LogP contribution in [-0.4, -0.2) is 32.2 Å². The van der Waals surface area contributed by atoms with Crippen molar-refractivity contribution in [2.75, 3.05) is 6.54 Å². The lowest BCUT2D eigenvalue weighted by atomic mass is 10.2. The van der Waals surface area contributed by atoms with Gasteiger partial charge >= 0.3 is 0 Å². The quantitative estimate of drug-likeness (QED) is 0.736. The molecule has 1 amide bonds. The number of fused-ring (bicyclic) bond motifs is 1. The summed E-state index contributed by atoms with van der Waals surface area (Å²) in [5.74, 6) is 0.113. The Morgan fingerprint density at radius 1 is 1.31 bits per heavy atom. The molecule has 26 heavy (non-hydrogen) atoms. The first-order valence-corrected chi connectivity index (χ1v) is 8.71. The van der Waals surface area contributed by atoms with Gasteiger partial charge in [-0.2, -0.15) is 5.10 Å². The Morgan fingerprint density at radius 2 is 2.15 bits per heavy atom. The normalized spacial score (nSPS) is 13.3. The highest BCUT2D eigenvalue weighted by atomic mass is 35.5. The van der Waals surface area contributed by atoms with E-state index in [0.717, 1.165) is 36.6 Å². The number of amides is 1. The van der Waals surface area contributed by atoms with Crippen LogP contribution in [0.15, 0.2) is 42.6 Å². The highest BCUT2D eigenvalue weighted by molar-refractivity contribution is 6.33. The second kappa shape index (κ2) is 7.23. The second-order valence-electron chi connectivity index (χ2n) is 5.97. The van der Waals surface area contributed by atoms with Crippen LogP contribution >= 0.6 is 11.6 Å². The maximum atomic E-state index is 12.5. The lowest BCUT2D eigenvalue weighted by Gasteiger charge is -2.13. The summed E-state index contributed by atoms with van der Waals surface area (Å²) in [6, 6.07) is 11.4. The van der Waals surface area contributed by atoms with Gasteiger partial charge in [-0.15, -0.1) is 0 Å². The molecule has 2 N–H and O–H groups in total. The van der Waals surface area contributed by atoms with E-state index < -0.39 is 0 Å². The van der Waals surface area contributed by atoms with Crippen molar-refractivity contribution in [1.29, 1.82) is 0 Å². The van der Waals surface area contributed by atoms with Crippen LogP contribution in [0.25, 0.3) is 11.4 Å². The van der Waals surface area contributed by atoms with E-state index in [-0.39, 0.29) is 16.6 Å². The van der Waals surface area contributed by atoms with E-state index in [1.807, 2.05) is 41.1 Å². The Labute approximate surface area is 155 Å². The topological polar surface area (TPSA) is 84.7 Å². The van der Waals surface area contributed by atoms with Gasteiger partial charge in [0.1, 0.15) is 0 Å². The third-order valence-electron chi connectivity index (χ3n) is 4.14. The van der Waals surface area contributed by atoms with Crippen LogP contribution in [0.2, 0.25) is 5.02 Å². The molecule has 3 aromatic rings. The van der Waals surface area contributed by atoms with Crippen LogP contribution in [0.5, 0.6) is 0 Å². The number of hydrogen-bond donors (Lipinski definition) is 2. The first-order chi connectivity index (χ1) is 12.7. The molecular weight excluding hydrogens is 352 g/mol. The van der Waals surface area contributed by atoms with Crippen LogP contribution in [-0.2, 0) is 19.6 Å². The summed E-state index contributed by atoms with van der Waals surface area (Å²) in [5.41, 5.74) is 2.91. The van der Waals surface area contributed by atoms with Gasteiger partial charge in [0.25, 0.3) is 5.91 Å². The van der Waals surface area contributed by atoms with Gasteiger partial charge in [-0.1, -0.05) is 41.9 Å². The first-order valence-electron chi connectivity index (χ1n) is 8.33. The van der Waals surface area contributed by atoms with Crippen LogP contribution in [0.4, 0.5) is 0 Å². The maximum absolute atomic E-state index is 12.5. The highest BCUT2D eigenvalue weighted by Gasteiger charge is 2.16. The van der Waals surface area contributed by atoms with Gasteiger partial charge in [0.2, 0.25) is 0 Å². The molecule has 3 heterocycles. The Bertz CT molecular complexity index is 917. The fourth-order valence-electron chi connectivity index (χ4n) is 2.85. The average molecular weight is 369 g/mol. The molecule has 4 rings (SSSR count). The van der Waals surface area contributed by atoms with Crippen molar-refractivity contribution in [2.45, 2.75) is 19.6 Å². The van der Waals surface area contributed by atoms with Gasteiger partial charge in [0, 0.05) is 18.7 Å². The summed E-state index contributed by atoms with van der Waals surface area (Å²) >= 11 is 6.13. The smallest absolute Gasteiger partial charge is 0.271 e. The predicted molar refractivity (Wildman–Crippen MR) is 97.6 cm³/mol. The van der Waals surface area contributed by atoms with Crippen LogP contribution in [0.1, 0.15) is 21.9 Å². The van der Waals surface area contributed by atoms with E-state index in [2.05, 4.69) is 25.7 Å². The lowest BCUT2D eigenvalue weighted by Crippen LogP contribution is -2.28. The molecule has 0 atom stereocenters. The zero-order chi connectivity index (χ0) is 17.9. The minimum absolute atomic E-state index is 0.158. The molecule has 0 saturated carbocycles. The first kappa shape index (κ1) is 16.7. The van der Waals surface area contributed by atoms with Crippen molar-refractivity contribution in [3.63, 3.8) is 0 Å². The molecule has 2 aromatic heterocycles. The Hall–Kier alpha value is -2.77. The van der Waals surface area contributed by atoms with Crippen molar-refractivity contribution in [3.8, 4) is 11.4 Å². The minimum Gasteiger partial charge on any atom is -0.345 e. The lowest BCUT2D eigenvalue weighted by molar-refractivity contribution is 0.0945. The zero-order valence-electron chi connectivity index (χ0n) is 13.9. The summed E-state index contributed by atoms with van der Waals surface area (Å²) in [7, 11) is 0. The van der Waals surface area contributed by atoms with Crippen molar-refractivity contribution in [1.82, 2.24) is 30.4 Å². The van der Waals surface area contributed by atoms with Gasteiger partial charge in [-0.3, -0.25) is 9.48 Å². The predicted octanol–water partition coefficient (Wildman–Crippen LogP) is 2.03.